The largest absolute Gasteiger partial charge is 0.506 e. The van der Waals surface area contributed by atoms with E-state index >= 15 is 0 Å². The third-order valence-electron chi connectivity index (χ3n) is 2.55. The van der Waals surface area contributed by atoms with Crippen molar-refractivity contribution in [3.05, 3.63) is 24.3 Å². The summed E-state index contributed by atoms with van der Waals surface area (Å²) in [5.74, 6) is 0.903. The molecule has 0 saturated heterocycles. The lowest BCUT2D eigenvalue weighted by atomic mass is 10.3. The van der Waals surface area contributed by atoms with Gasteiger partial charge in [0.05, 0.1) is 17.2 Å². The quantitative estimate of drug-likeness (QED) is 0.622. The lowest BCUT2D eigenvalue weighted by Crippen LogP contribution is -2.10. The van der Waals surface area contributed by atoms with Gasteiger partial charge in [0.2, 0.25) is 0 Å². The summed E-state index contributed by atoms with van der Waals surface area (Å²) in [5.41, 5.74) is 5.69. The zero-order valence-corrected chi connectivity index (χ0v) is 12.6. The average molecular weight is 287 g/mol. The third-order valence-corrected chi connectivity index (χ3v) is 4.38. The molecule has 0 aromatic heterocycles. The van der Waals surface area contributed by atoms with Gasteiger partial charge >= 0.3 is 0 Å². The highest BCUT2D eigenvalue weighted by atomic mass is 32.2. The minimum Gasteiger partial charge on any atom is -0.506 e. The van der Waals surface area contributed by atoms with Gasteiger partial charge in [0, 0.05) is 0 Å². The Morgan fingerprint density at radius 1 is 1.05 bits per heavy atom. The Balaban J connectivity index is 0.000000356. The molecule has 19 heavy (non-hydrogen) atoms. The highest BCUT2D eigenvalue weighted by molar-refractivity contribution is 7.91. The molecule has 0 aliphatic carbocycles. The number of hydrogen-bond acceptors (Lipinski definition) is 4. The number of sulfone groups is 1. The van der Waals surface area contributed by atoms with Crippen molar-refractivity contribution < 1.29 is 13.5 Å². The number of benzene rings is 1. The van der Waals surface area contributed by atoms with Crippen molar-refractivity contribution in [3.63, 3.8) is 0 Å². The Hall–Kier alpha value is -1.23. The van der Waals surface area contributed by atoms with Crippen LogP contribution in [0.15, 0.2) is 24.3 Å². The van der Waals surface area contributed by atoms with Crippen LogP contribution in [-0.2, 0) is 9.84 Å². The van der Waals surface area contributed by atoms with Gasteiger partial charge in [0.15, 0.2) is 0 Å². The van der Waals surface area contributed by atoms with E-state index in [-0.39, 0.29) is 5.75 Å². The molecule has 0 saturated carbocycles. The van der Waals surface area contributed by atoms with Crippen LogP contribution < -0.4 is 5.73 Å². The third kappa shape index (κ3) is 9.36. The Kier molecular flexibility index (Phi) is 9.04. The number of para-hydroxylation sites is 2. The molecule has 0 radical (unpaired) electrons. The van der Waals surface area contributed by atoms with Crippen LogP contribution >= 0.6 is 0 Å². The summed E-state index contributed by atoms with van der Waals surface area (Å²) < 4.78 is 22.3. The average Bonchev–Trinajstić information content (AvgIpc) is 2.38. The first-order valence-electron chi connectivity index (χ1n) is 6.66. The van der Waals surface area contributed by atoms with Crippen LogP contribution in [-0.4, -0.2) is 25.0 Å². The summed E-state index contributed by atoms with van der Waals surface area (Å²) in [6.45, 7) is 4.02. The topological polar surface area (TPSA) is 80.4 Å². The fourth-order valence-electron chi connectivity index (χ4n) is 1.32. The number of aromatic hydroxyl groups is 1. The second-order valence-corrected chi connectivity index (χ2v) is 6.72. The van der Waals surface area contributed by atoms with Gasteiger partial charge in [-0.15, -0.1) is 0 Å². The normalized spacial score (nSPS) is 10.6. The number of phenols is 1. The van der Waals surface area contributed by atoms with Gasteiger partial charge in [-0.3, -0.25) is 0 Å². The number of nitrogens with two attached hydrogens (primary N) is 1. The first kappa shape index (κ1) is 17.8. The maximum Gasteiger partial charge on any atom is 0.150 e. The van der Waals surface area contributed by atoms with E-state index in [1.54, 1.807) is 24.3 Å². The first-order chi connectivity index (χ1) is 8.93. The molecular formula is C14H25NO3S. The van der Waals surface area contributed by atoms with Gasteiger partial charge in [-0.2, -0.15) is 0 Å². The van der Waals surface area contributed by atoms with Gasteiger partial charge in [-0.05, 0) is 25.0 Å². The highest BCUT2D eigenvalue weighted by Gasteiger charge is 2.07. The highest BCUT2D eigenvalue weighted by Crippen LogP contribution is 2.16. The van der Waals surface area contributed by atoms with Gasteiger partial charge < -0.3 is 10.8 Å². The van der Waals surface area contributed by atoms with Crippen molar-refractivity contribution in [1.82, 2.24) is 0 Å². The van der Waals surface area contributed by atoms with Crippen LogP contribution in [0.3, 0.4) is 0 Å². The molecule has 0 amide bonds. The molecular weight excluding hydrogens is 262 g/mol. The molecule has 0 heterocycles. The van der Waals surface area contributed by atoms with Crippen molar-refractivity contribution in [2.75, 3.05) is 17.2 Å². The zero-order chi connectivity index (χ0) is 14.7. The summed E-state index contributed by atoms with van der Waals surface area (Å²) in [6.07, 6.45) is 3.55. The lowest BCUT2D eigenvalue weighted by Gasteiger charge is -2.00. The minimum absolute atomic E-state index is 0.146. The van der Waals surface area contributed by atoms with Crippen LogP contribution in [0.5, 0.6) is 5.75 Å². The Bertz CT molecular complexity index is 409. The maximum absolute atomic E-state index is 11.1. The van der Waals surface area contributed by atoms with Crippen molar-refractivity contribution in [2.45, 2.75) is 39.5 Å². The molecule has 4 nitrogen and oxygen atoms in total. The van der Waals surface area contributed by atoms with E-state index in [0.29, 0.717) is 17.2 Å². The van der Waals surface area contributed by atoms with Gasteiger partial charge in [-0.1, -0.05) is 38.8 Å². The van der Waals surface area contributed by atoms with Crippen molar-refractivity contribution in [3.8, 4) is 5.75 Å². The number of phenolic OH excluding ortho intramolecular Hbond substituents is 1. The van der Waals surface area contributed by atoms with E-state index < -0.39 is 9.84 Å². The molecule has 1 aromatic carbocycles. The predicted molar refractivity (Wildman–Crippen MR) is 81.0 cm³/mol. The molecule has 5 heteroatoms. The van der Waals surface area contributed by atoms with Crippen LogP contribution in [0.2, 0.25) is 0 Å². The Morgan fingerprint density at radius 3 is 1.84 bits per heavy atom. The van der Waals surface area contributed by atoms with E-state index in [1.165, 1.54) is 0 Å². The Labute approximate surface area is 116 Å². The second kappa shape index (κ2) is 9.67. The number of nitrogen functional groups attached to an aromatic ring is 1. The molecule has 0 aliphatic heterocycles. The summed E-state index contributed by atoms with van der Waals surface area (Å²) in [6, 6.07) is 6.70. The molecule has 0 spiro atoms. The van der Waals surface area contributed by atoms with Crippen molar-refractivity contribution in [2.24, 2.45) is 0 Å². The molecule has 1 aromatic rings. The second-order valence-electron chi connectivity index (χ2n) is 4.42. The molecule has 1 rings (SSSR count). The number of hydrogen-bond donors (Lipinski definition) is 2. The van der Waals surface area contributed by atoms with Gasteiger partial charge in [0.1, 0.15) is 15.6 Å². The first-order valence-corrected chi connectivity index (χ1v) is 8.49. The van der Waals surface area contributed by atoms with E-state index in [4.69, 9.17) is 10.8 Å². The van der Waals surface area contributed by atoms with E-state index in [0.717, 1.165) is 25.7 Å². The fraction of sp³-hybridized carbons (Fsp3) is 0.571. The minimum atomic E-state index is -2.71. The van der Waals surface area contributed by atoms with Crippen LogP contribution in [0.25, 0.3) is 0 Å². The van der Waals surface area contributed by atoms with Crippen LogP contribution in [0, 0.1) is 0 Å². The molecule has 110 valence electrons. The SMILES string of the molecule is CCCCS(=O)(=O)CCCC.Nc1ccccc1O. The number of anilines is 1. The van der Waals surface area contributed by atoms with Crippen LogP contribution in [0.4, 0.5) is 5.69 Å². The molecule has 0 atom stereocenters. The molecule has 0 aliphatic rings. The van der Waals surface area contributed by atoms with Gasteiger partial charge in [0.25, 0.3) is 0 Å². The van der Waals surface area contributed by atoms with Crippen LogP contribution in [0.1, 0.15) is 39.5 Å². The summed E-state index contributed by atoms with van der Waals surface area (Å²) in [4.78, 5) is 0. The Morgan fingerprint density at radius 2 is 1.53 bits per heavy atom. The standard InChI is InChI=1S/C8H18O2S.C6H7NO/c1-3-5-7-11(9,10)8-6-4-2;7-5-3-1-2-4-6(5)8/h3-8H2,1-2H3;1-4,8H,7H2. The summed E-state index contributed by atoms with van der Waals surface area (Å²) >= 11 is 0. The van der Waals surface area contributed by atoms with Crippen molar-refractivity contribution in [1.29, 1.82) is 0 Å². The predicted octanol–water partition coefficient (Wildman–Crippen LogP) is 2.98. The summed E-state index contributed by atoms with van der Waals surface area (Å²) in [7, 11) is -2.71. The van der Waals surface area contributed by atoms with Crippen molar-refractivity contribution >= 4 is 15.5 Å². The molecule has 0 bridgehead atoms. The molecule has 0 fully saturated rings. The molecule has 0 unspecified atom stereocenters. The number of unbranched alkanes of at least 4 members (excludes halogenated alkanes) is 2. The zero-order valence-electron chi connectivity index (χ0n) is 11.8. The van der Waals surface area contributed by atoms with Gasteiger partial charge in [-0.25, -0.2) is 8.42 Å². The number of rotatable bonds is 6. The molecule has 3 N–H and O–H groups in total. The monoisotopic (exact) mass is 287 g/mol. The maximum atomic E-state index is 11.1. The van der Waals surface area contributed by atoms with E-state index in [2.05, 4.69) is 0 Å². The lowest BCUT2D eigenvalue weighted by molar-refractivity contribution is 0.478. The fourth-order valence-corrected chi connectivity index (χ4v) is 2.98. The summed E-state index contributed by atoms with van der Waals surface area (Å²) in [5, 5.41) is 8.79. The van der Waals surface area contributed by atoms with E-state index in [9.17, 15) is 8.42 Å². The van der Waals surface area contributed by atoms with E-state index in [1.807, 2.05) is 13.8 Å². The smallest absolute Gasteiger partial charge is 0.150 e.